The molecule has 3 heterocycles. The largest absolute Gasteiger partial charge is 0.412 e. The molecule has 2 aromatic heterocycles. The molecule has 4 rings (SSSR count). The zero-order valence-corrected chi connectivity index (χ0v) is 19.8. The van der Waals surface area contributed by atoms with Gasteiger partial charge in [0.1, 0.15) is 5.82 Å². The number of dihydropyridines is 1. The highest BCUT2D eigenvalue weighted by atomic mass is 32.2. The second kappa shape index (κ2) is 10.2. The molecule has 1 aliphatic heterocycles. The van der Waals surface area contributed by atoms with Gasteiger partial charge in [-0.15, -0.1) is 0 Å². The molecule has 0 radical (unpaired) electrons. The number of anilines is 1. The molecular formula is C25H25F3N4O2S. The first-order valence-electron chi connectivity index (χ1n) is 11.1. The number of halogens is 3. The Hall–Kier alpha value is -3.27. The molecule has 1 N–H and O–H groups in total. The van der Waals surface area contributed by atoms with Gasteiger partial charge < -0.3 is 0 Å². The standard InChI is InChI=1S/C25H25F3N4O2S/c1-35(33,34)32-22-8-2-7-21(31-22)24(17-9-11-20(12-10-17)25(26,27)28)23(18-5-3-13-29-15-18)19-6-4-14-30-16-19/h2-9,11,13-15,19,23-24H,10,12,16H2,1H3,(H,31,32). The number of rotatable bonds is 7. The molecule has 10 heteroatoms. The lowest BCUT2D eigenvalue weighted by molar-refractivity contribution is -0.0941. The number of allylic oxidation sites excluding steroid dienone is 5. The van der Waals surface area contributed by atoms with Crippen LogP contribution in [0.4, 0.5) is 19.0 Å². The van der Waals surface area contributed by atoms with Crippen molar-refractivity contribution in [1.82, 2.24) is 9.97 Å². The molecule has 0 spiro atoms. The molecule has 3 unspecified atom stereocenters. The van der Waals surface area contributed by atoms with Crippen LogP contribution in [0.5, 0.6) is 0 Å². The van der Waals surface area contributed by atoms with Crippen LogP contribution in [0.25, 0.3) is 0 Å². The summed E-state index contributed by atoms with van der Waals surface area (Å²) in [5.41, 5.74) is 1.68. The van der Waals surface area contributed by atoms with Gasteiger partial charge in [0.25, 0.3) is 0 Å². The van der Waals surface area contributed by atoms with Gasteiger partial charge in [-0.1, -0.05) is 35.9 Å². The van der Waals surface area contributed by atoms with Crippen molar-refractivity contribution in [1.29, 1.82) is 0 Å². The van der Waals surface area contributed by atoms with E-state index in [1.54, 1.807) is 36.8 Å². The van der Waals surface area contributed by atoms with Gasteiger partial charge in [-0.05, 0) is 42.7 Å². The molecule has 2 aliphatic rings. The fourth-order valence-corrected chi connectivity index (χ4v) is 5.11. The van der Waals surface area contributed by atoms with Crippen LogP contribution in [-0.2, 0) is 10.0 Å². The zero-order valence-electron chi connectivity index (χ0n) is 19.0. The minimum atomic E-state index is -4.38. The SMILES string of the molecule is CS(=O)(=O)Nc1cccc(C(C2=CC=C(C(F)(F)F)CC2)C(c2cccnc2)C2C=CC=NC2)n1. The number of hydrogen-bond donors (Lipinski definition) is 1. The third-order valence-corrected chi connectivity index (χ3v) is 6.66. The Balaban J connectivity index is 1.86. The van der Waals surface area contributed by atoms with E-state index < -0.39 is 27.7 Å². The van der Waals surface area contributed by atoms with Crippen LogP contribution in [0.3, 0.4) is 0 Å². The summed E-state index contributed by atoms with van der Waals surface area (Å²) in [4.78, 5) is 13.3. The van der Waals surface area contributed by atoms with Crippen LogP contribution in [-0.4, -0.2) is 43.6 Å². The molecule has 3 atom stereocenters. The van der Waals surface area contributed by atoms with E-state index in [0.29, 0.717) is 12.2 Å². The Morgan fingerprint density at radius 1 is 1.11 bits per heavy atom. The maximum atomic E-state index is 13.3. The van der Waals surface area contributed by atoms with Gasteiger partial charge in [0.2, 0.25) is 10.0 Å². The van der Waals surface area contributed by atoms with E-state index >= 15 is 0 Å². The first kappa shape index (κ1) is 24.8. The van der Waals surface area contributed by atoms with E-state index in [0.717, 1.165) is 23.5 Å². The van der Waals surface area contributed by atoms with Gasteiger partial charge in [-0.3, -0.25) is 14.7 Å². The number of aliphatic imine (C=N–C) groups is 1. The number of alkyl halides is 3. The van der Waals surface area contributed by atoms with Crippen LogP contribution in [0, 0.1) is 5.92 Å². The van der Waals surface area contributed by atoms with Crippen molar-refractivity contribution in [3.8, 4) is 0 Å². The quantitative estimate of drug-likeness (QED) is 0.565. The lowest BCUT2D eigenvalue weighted by Crippen LogP contribution is -2.26. The Labute approximate surface area is 202 Å². The Morgan fingerprint density at radius 3 is 2.54 bits per heavy atom. The van der Waals surface area contributed by atoms with Gasteiger partial charge in [0.15, 0.2) is 0 Å². The number of nitrogens with one attached hydrogen (secondary N) is 1. The number of nitrogens with zero attached hydrogens (tertiary/aromatic N) is 3. The minimum Gasteiger partial charge on any atom is -0.293 e. The summed E-state index contributed by atoms with van der Waals surface area (Å²) in [6.45, 7) is 0.505. The minimum absolute atomic E-state index is 0.0589. The first-order valence-corrected chi connectivity index (χ1v) is 13.0. The summed E-state index contributed by atoms with van der Waals surface area (Å²) in [7, 11) is -3.56. The third-order valence-electron chi connectivity index (χ3n) is 6.08. The van der Waals surface area contributed by atoms with E-state index in [1.165, 1.54) is 6.08 Å². The summed E-state index contributed by atoms with van der Waals surface area (Å²) in [6.07, 6.45) is 8.45. The summed E-state index contributed by atoms with van der Waals surface area (Å²) in [5, 5.41) is 0. The molecule has 6 nitrogen and oxygen atoms in total. The molecule has 0 fully saturated rings. The Morgan fingerprint density at radius 2 is 1.94 bits per heavy atom. The topological polar surface area (TPSA) is 84.3 Å². The van der Waals surface area contributed by atoms with Gasteiger partial charge in [0, 0.05) is 48.5 Å². The number of hydrogen-bond acceptors (Lipinski definition) is 5. The zero-order chi connectivity index (χ0) is 25.1. The second-order valence-electron chi connectivity index (χ2n) is 8.61. The first-order chi connectivity index (χ1) is 16.6. The average Bonchev–Trinajstić information content (AvgIpc) is 2.82. The summed E-state index contributed by atoms with van der Waals surface area (Å²) in [5.74, 6) is -0.559. The van der Waals surface area contributed by atoms with Crippen LogP contribution in [0.15, 0.2) is 83.2 Å². The molecule has 0 bridgehead atoms. The van der Waals surface area contributed by atoms with Crippen molar-refractivity contribution in [2.45, 2.75) is 30.9 Å². The lowest BCUT2D eigenvalue weighted by Gasteiger charge is -2.35. The second-order valence-corrected chi connectivity index (χ2v) is 10.4. The molecule has 184 valence electrons. The van der Waals surface area contributed by atoms with Crippen LogP contribution < -0.4 is 4.72 Å². The van der Waals surface area contributed by atoms with Gasteiger partial charge in [-0.2, -0.15) is 13.2 Å². The molecular weight excluding hydrogens is 477 g/mol. The van der Waals surface area contributed by atoms with E-state index in [2.05, 4.69) is 19.7 Å². The van der Waals surface area contributed by atoms with Crippen molar-refractivity contribution in [2.24, 2.45) is 10.9 Å². The molecule has 2 aromatic rings. The van der Waals surface area contributed by atoms with E-state index in [-0.39, 0.29) is 30.5 Å². The fraction of sp³-hybridized carbons (Fsp3) is 0.320. The highest BCUT2D eigenvalue weighted by Crippen LogP contribution is 2.47. The fourth-order valence-electron chi connectivity index (χ4n) is 4.61. The van der Waals surface area contributed by atoms with E-state index in [4.69, 9.17) is 0 Å². The number of pyridine rings is 2. The smallest absolute Gasteiger partial charge is 0.293 e. The maximum absolute atomic E-state index is 13.3. The normalized spacial score (nSPS) is 20.1. The monoisotopic (exact) mass is 502 g/mol. The van der Waals surface area contributed by atoms with Crippen molar-refractivity contribution in [2.75, 3.05) is 17.5 Å². The van der Waals surface area contributed by atoms with Crippen LogP contribution in [0.1, 0.15) is 35.9 Å². The summed E-state index contributed by atoms with van der Waals surface area (Å²) in [6, 6.07) is 8.78. The third kappa shape index (κ3) is 6.25. The molecule has 35 heavy (non-hydrogen) atoms. The highest BCUT2D eigenvalue weighted by molar-refractivity contribution is 7.92. The van der Waals surface area contributed by atoms with Crippen LogP contribution >= 0.6 is 0 Å². The average molecular weight is 503 g/mol. The molecule has 0 saturated heterocycles. The van der Waals surface area contributed by atoms with Crippen LogP contribution in [0.2, 0.25) is 0 Å². The summed E-state index contributed by atoms with van der Waals surface area (Å²) < 4.78 is 65.9. The van der Waals surface area contributed by atoms with Crippen molar-refractivity contribution in [3.63, 3.8) is 0 Å². The molecule has 0 amide bonds. The van der Waals surface area contributed by atoms with Crippen molar-refractivity contribution in [3.05, 3.63) is 89.4 Å². The van der Waals surface area contributed by atoms with Gasteiger partial charge in [-0.25, -0.2) is 13.4 Å². The van der Waals surface area contributed by atoms with Gasteiger partial charge in [0.05, 0.1) is 11.9 Å². The highest BCUT2D eigenvalue weighted by Gasteiger charge is 2.38. The number of aromatic nitrogens is 2. The Bertz CT molecular complexity index is 1290. The maximum Gasteiger partial charge on any atom is 0.412 e. The van der Waals surface area contributed by atoms with E-state index in [1.807, 2.05) is 24.3 Å². The molecule has 1 aliphatic carbocycles. The number of sulfonamides is 1. The molecule has 0 aromatic carbocycles. The predicted octanol–water partition coefficient (Wildman–Crippen LogP) is 5.18. The van der Waals surface area contributed by atoms with E-state index in [9.17, 15) is 21.6 Å². The predicted molar refractivity (Wildman–Crippen MR) is 130 cm³/mol. The van der Waals surface area contributed by atoms with Crippen molar-refractivity contribution >= 4 is 22.1 Å². The Kier molecular flexibility index (Phi) is 7.20. The lowest BCUT2D eigenvalue weighted by atomic mass is 9.70. The molecule has 0 saturated carbocycles. The van der Waals surface area contributed by atoms with Crippen molar-refractivity contribution < 1.29 is 21.6 Å². The van der Waals surface area contributed by atoms with Gasteiger partial charge >= 0.3 is 6.18 Å². The summed E-state index contributed by atoms with van der Waals surface area (Å²) >= 11 is 0.